The molecular weight excluding hydrogens is 252 g/mol. The number of urea groups is 1. The van der Waals surface area contributed by atoms with Crippen LogP contribution in [0.3, 0.4) is 0 Å². The summed E-state index contributed by atoms with van der Waals surface area (Å²) in [5.74, 6) is 0.716. The molecule has 96 valence electrons. The number of anilines is 1. The lowest BCUT2D eigenvalue weighted by atomic mass is 10.0. The van der Waals surface area contributed by atoms with Gasteiger partial charge in [-0.3, -0.25) is 4.79 Å². The topological polar surface area (TPSA) is 58.2 Å². The summed E-state index contributed by atoms with van der Waals surface area (Å²) in [5, 5.41) is 5.38. The fourth-order valence-electron chi connectivity index (χ4n) is 1.90. The average Bonchev–Trinajstić information content (AvgIpc) is 2.38. The van der Waals surface area contributed by atoms with Crippen LogP contribution in [-0.4, -0.2) is 17.7 Å². The molecule has 0 unspecified atom stereocenters. The van der Waals surface area contributed by atoms with E-state index in [9.17, 15) is 9.59 Å². The van der Waals surface area contributed by atoms with Gasteiger partial charge in [0.15, 0.2) is 5.78 Å². The highest BCUT2D eigenvalue weighted by molar-refractivity contribution is 6.17. The summed E-state index contributed by atoms with van der Waals surface area (Å²) in [6, 6.07) is 5.17. The van der Waals surface area contributed by atoms with Crippen LogP contribution in [0.5, 0.6) is 0 Å². The molecule has 0 saturated heterocycles. The number of benzene rings is 1. The van der Waals surface area contributed by atoms with Gasteiger partial charge in [-0.1, -0.05) is 0 Å². The van der Waals surface area contributed by atoms with Crippen molar-refractivity contribution < 1.29 is 9.59 Å². The van der Waals surface area contributed by atoms with Crippen molar-refractivity contribution in [1.82, 2.24) is 5.32 Å². The SMILES string of the molecule is O=C1NCc2cc(C(=O)CCCCCl)ccc2N1. The van der Waals surface area contributed by atoms with Crippen LogP contribution in [0.15, 0.2) is 18.2 Å². The Kier molecular flexibility index (Phi) is 4.20. The highest BCUT2D eigenvalue weighted by Gasteiger charge is 2.15. The minimum atomic E-state index is -0.205. The Morgan fingerprint density at radius 3 is 2.94 bits per heavy atom. The van der Waals surface area contributed by atoms with E-state index in [1.165, 1.54) is 0 Å². The second-order valence-corrected chi connectivity index (χ2v) is 4.63. The number of nitrogens with one attached hydrogen (secondary N) is 2. The van der Waals surface area contributed by atoms with Crippen LogP contribution in [-0.2, 0) is 6.54 Å². The van der Waals surface area contributed by atoms with Crippen LogP contribution in [0.4, 0.5) is 10.5 Å². The lowest BCUT2D eigenvalue weighted by Gasteiger charge is -2.18. The standard InChI is InChI=1S/C13H15ClN2O2/c14-6-2-1-3-12(17)9-4-5-11-10(7-9)8-15-13(18)16-11/h4-5,7H,1-3,6,8H2,(H2,15,16,18). The van der Waals surface area contributed by atoms with E-state index < -0.39 is 0 Å². The van der Waals surface area contributed by atoms with Crippen molar-refractivity contribution in [2.45, 2.75) is 25.8 Å². The molecule has 2 rings (SSSR count). The molecule has 0 fully saturated rings. The molecule has 0 spiro atoms. The molecule has 0 atom stereocenters. The maximum absolute atomic E-state index is 11.9. The van der Waals surface area contributed by atoms with Gasteiger partial charge in [0.25, 0.3) is 0 Å². The Balaban J connectivity index is 2.06. The van der Waals surface area contributed by atoms with Gasteiger partial charge >= 0.3 is 6.03 Å². The Bertz CT molecular complexity index is 474. The van der Waals surface area contributed by atoms with E-state index >= 15 is 0 Å². The molecule has 2 N–H and O–H groups in total. The molecular formula is C13H15ClN2O2. The van der Waals surface area contributed by atoms with Crippen LogP contribution in [0, 0.1) is 0 Å². The van der Waals surface area contributed by atoms with Crippen molar-refractivity contribution >= 4 is 29.1 Å². The molecule has 0 saturated carbocycles. The van der Waals surface area contributed by atoms with E-state index in [1.807, 2.05) is 6.07 Å². The van der Waals surface area contributed by atoms with E-state index in [4.69, 9.17) is 11.6 Å². The zero-order chi connectivity index (χ0) is 13.0. The molecule has 4 nitrogen and oxygen atoms in total. The summed E-state index contributed by atoms with van der Waals surface area (Å²) in [6.07, 6.45) is 2.19. The van der Waals surface area contributed by atoms with E-state index in [0.29, 0.717) is 24.4 Å². The van der Waals surface area contributed by atoms with Crippen molar-refractivity contribution in [3.05, 3.63) is 29.3 Å². The molecule has 1 aromatic rings. The van der Waals surface area contributed by atoms with Crippen LogP contribution >= 0.6 is 11.6 Å². The molecule has 0 aliphatic carbocycles. The number of hydrogen-bond acceptors (Lipinski definition) is 2. The first kappa shape index (κ1) is 12.9. The van der Waals surface area contributed by atoms with Gasteiger partial charge in [0, 0.05) is 30.1 Å². The minimum Gasteiger partial charge on any atom is -0.334 e. The normalized spacial score (nSPS) is 13.5. The zero-order valence-corrected chi connectivity index (χ0v) is 10.7. The molecule has 0 aromatic heterocycles. The van der Waals surface area contributed by atoms with Crippen molar-refractivity contribution in [2.24, 2.45) is 0 Å². The molecule has 1 aliphatic rings. The summed E-state index contributed by atoms with van der Waals surface area (Å²) in [7, 11) is 0. The number of hydrogen-bond donors (Lipinski definition) is 2. The van der Waals surface area contributed by atoms with Crippen molar-refractivity contribution in [2.75, 3.05) is 11.2 Å². The summed E-state index contributed by atoms with van der Waals surface area (Å²) < 4.78 is 0. The summed E-state index contributed by atoms with van der Waals surface area (Å²) in [4.78, 5) is 23.0. The van der Waals surface area contributed by atoms with Crippen LogP contribution in [0.25, 0.3) is 0 Å². The van der Waals surface area contributed by atoms with Gasteiger partial charge in [-0.15, -0.1) is 11.6 Å². The van der Waals surface area contributed by atoms with E-state index in [1.54, 1.807) is 12.1 Å². The molecule has 1 heterocycles. The predicted octanol–water partition coefficient (Wildman–Crippen LogP) is 2.91. The van der Waals surface area contributed by atoms with Gasteiger partial charge in [-0.25, -0.2) is 4.79 Å². The first-order chi connectivity index (χ1) is 8.70. The fourth-order valence-corrected chi connectivity index (χ4v) is 2.09. The quantitative estimate of drug-likeness (QED) is 0.489. The molecule has 2 amide bonds. The Labute approximate surface area is 111 Å². The zero-order valence-electron chi connectivity index (χ0n) is 9.96. The Hall–Kier alpha value is -1.55. The fraction of sp³-hybridized carbons (Fsp3) is 0.385. The largest absolute Gasteiger partial charge is 0.334 e. The summed E-state index contributed by atoms with van der Waals surface area (Å²) >= 11 is 5.58. The highest BCUT2D eigenvalue weighted by Crippen LogP contribution is 2.21. The van der Waals surface area contributed by atoms with Crippen LogP contribution in [0.2, 0.25) is 0 Å². The predicted molar refractivity (Wildman–Crippen MR) is 71.2 cm³/mol. The van der Waals surface area contributed by atoms with Crippen molar-refractivity contribution in [1.29, 1.82) is 0 Å². The van der Waals surface area contributed by atoms with Gasteiger partial charge in [0.1, 0.15) is 0 Å². The van der Waals surface area contributed by atoms with Crippen LogP contribution < -0.4 is 10.6 Å². The van der Waals surface area contributed by atoms with Gasteiger partial charge in [-0.2, -0.15) is 0 Å². The molecule has 0 bridgehead atoms. The maximum atomic E-state index is 11.9. The second kappa shape index (κ2) is 5.87. The number of rotatable bonds is 5. The number of amides is 2. The molecule has 5 heteroatoms. The van der Waals surface area contributed by atoms with Gasteiger partial charge in [0.2, 0.25) is 0 Å². The summed E-state index contributed by atoms with van der Waals surface area (Å²) in [5.41, 5.74) is 2.41. The summed E-state index contributed by atoms with van der Waals surface area (Å²) in [6.45, 7) is 0.462. The molecule has 1 aromatic carbocycles. The number of ketones is 1. The van der Waals surface area contributed by atoms with E-state index in [-0.39, 0.29) is 11.8 Å². The van der Waals surface area contributed by atoms with Gasteiger partial charge in [-0.05, 0) is 36.6 Å². The third kappa shape index (κ3) is 3.01. The number of unbranched alkanes of at least 4 members (excludes halogenated alkanes) is 1. The van der Waals surface area contributed by atoms with E-state index in [0.717, 1.165) is 24.1 Å². The minimum absolute atomic E-state index is 0.125. The average molecular weight is 267 g/mol. The number of Topliss-reactive ketones (excluding diaryl/α,β-unsaturated/α-hetero) is 1. The van der Waals surface area contributed by atoms with Crippen molar-refractivity contribution in [3.63, 3.8) is 0 Å². The van der Waals surface area contributed by atoms with Gasteiger partial charge in [0.05, 0.1) is 0 Å². The Morgan fingerprint density at radius 2 is 2.17 bits per heavy atom. The highest BCUT2D eigenvalue weighted by atomic mass is 35.5. The van der Waals surface area contributed by atoms with Crippen LogP contribution in [0.1, 0.15) is 35.2 Å². The molecule has 1 aliphatic heterocycles. The first-order valence-electron chi connectivity index (χ1n) is 5.97. The number of carbonyl (C=O) groups is 2. The van der Waals surface area contributed by atoms with E-state index in [2.05, 4.69) is 10.6 Å². The second-order valence-electron chi connectivity index (χ2n) is 4.25. The number of carbonyl (C=O) groups excluding carboxylic acids is 2. The molecule has 18 heavy (non-hydrogen) atoms. The Morgan fingerprint density at radius 1 is 1.33 bits per heavy atom. The number of halogens is 1. The smallest absolute Gasteiger partial charge is 0.319 e. The third-order valence-electron chi connectivity index (χ3n) is 2.90. The van der Waals surface area contributed by atoms with Crippen molar-refractivity contribution in [3.8, 4) is 0 Å². The number of fused-ring (bicyclic) bond motifs is 1. The number of alkyl halides is 1. The molecule has 0 radical (unpaired) electrons. The lowest BCUT2D eigenvalue weighted by molar-refractivity contribution is 0.0980. The maximum Gasteiger partial charge on any atom is 0.319 e. The first-order valence-corrected chi connectivity index (χ1v) is 6.51. The lowest BCUT2D eigenvalue weighted by Crippen LogP contribution is -2.33. The third-order valence-corrected chi connectivity index (χ3v) is 3.17. The monoisotopic (exact) mass is 266 g/mol. The van der Waals surface area contributed by atoms with Gasteiger partial charge < -0.3 is 10.6 Å².